The summed E-state index contributed by atoms with van der Waals surface area (Å²) in [6, 6.07) is 20.2. The highest BCUT2D eigenvalue weighted by Gasteiger charge is 2.24. The monoisotopic (exact) mass is 674 g/mol. The normalized spacial score (nSPS) is 16.9. The highest BCUT2D eigenvalue weighted by molar-refractivity contribution is 6.39. The first-order chi connectivity index (χ1) is 22.7. The van der Waals surface area contributed by atoms with Crippen LogP contribution in [0.4, 0.5) is 0 Å². The predicted octanol–water partition coefficient (Wildman–Crippen LogP) is 6.51. The molecule has 0 spiro atoms. The maximum absolute atomic E-state index is 11.5. The Morgan fingerprint density at radius 2 is 1.72 bits per heavy atom. The van der Waals surface area contributed by atoms with E-state index in [1.54, 1.807) is 14.2 Å². The molecular weight excluding hydrogens is 635 g/mol. The zero-order valence-corrected chi connectivity index (χ0v) is 28.4. The van der Waals surface area contributed by atoms with Gasteiger partial charge in [0, 0.05) is 78.6 Å². The van der Waals surface area contributed by atoms with E-state index in [0.717, 1.165) is 70.6 Å². The lowest BCUT2D eigenvalue weighted by Crippen LogP contribution is -2.35. The molecule has 1 fully saturated rings. The van der Waals surface area contributed by atoms with Crippen LogP contribution in [0.25, 0.3) is 33.5 Å². The molecule has 2 atom stereocenters. The average molecular weight is 676 g/mol. The minimum atomic E-state index is -0.382. The van der Waals surface area contributed by atoms with Gasteiger partial charge in [-0.3, -0.25) is 9.69 Å². The Morgan fingerprint density at radius 1 is 1.00 bits per heavy atom. The molecule has 1 aromatic heterocycles. The zero-order valence-electron chi connectivity index (χ0n) is 26.9. The molecule has 10 heteroatoms. The van der Waals surface area contributed by atoms with E-state index in [1.165, 1.54) is 5.56 Å². The Labute approximate surface area is 286 Å². The molecule has 0 saturated carbocycles. The van der Waals surface area contributed by atoms with Crippen molar-refractivity contribution < 1.29 is 19.4 Å². The standard InChI is InChI=1S/C37H40Cl2N4O4/c1-22(44)20-43-15-14-23-16-25(17-33(46-2)31(23)21-43)27-6-4-7-28(35(27)38)29-8-5-9-30(36(29)39)32-12-10-24(37(42-32)47-3)18-40-19-26-11-13-34(45)41-26/h4-10,12,16-17,22,26,40,44H,11,13-15,18-21H2,1-3H3,(H,41,45)/t22-,26-/m1/s1. The van der Waals surface area contributed by atoms with Gasteiger partial charge in [-0.2, -0.15) is 0 Å². The Bertz CT molecular complexity index is 1760. The number of carbonyl (C=O) groups excluding carboxylic acids is 1. The third kappa shape index (κ3) is 7.27. The summed E-state index contributed by atoms with van der Waals surface area (Å²) >= 11 is 14.3. The number of rotatable bonds is 11. The molecule has 0 bridgehead atoms. The van der Waals surface area contributed by atoms with Gasteiger partial charge in [0.15, 0.2) is 0 Å². The summed E-state index contributed by atoms with van der Waals surface area (Å²) in [5.74, 6) is 1.44. The van der Waals surface area contributed by atoms with Crippen LogP contribution in [0.15, 0.2) is 60.7 Å². The molecular formula is C37H40Cl2N4O4. The Morgan fingerprint density at radius 3 is 2.40 bits per heavy atom. The summed E-state index contributed by atoms with van der Waals surface area (Å²) in [7, 11) is 3.30. The molecule has 3 heterocycles. The number of hydrogen-bond acceptors (Lipinski definition) is 7. The van der Waals surface area contributed by atoms with Crippen molar-refractivity contribution in [3.8, 4) is 45.1 Å². The first-order valence-corrected chi connectivity index (χ1v) is 16.7. The first-order valence-electron chi connectivity index (χ1n) is 16.0. The molecule has 8 nitrogen and oxygen atoms in total. The highest BCUT2D eigenvalue weighted by atomic mass is 35.5. The minimum Gasteiger partial charge on any atom is -0.496 e. The van der Waals surface area contributed by atoms with Crippen molar-refractivity contribution in [1.29, 1.82) is 0 Å². The van der Waals surface area contributed by atoms with Crippen molar-refractivity contribution >= 4 is 29.1 Å². The van der Waals surface area contributed by atoms with Crippen LogP contribution in [0.2, 0.25) is 10.0 Å². The number of halogens is 2. The van der Waals surface area contributed by atoms with Gasteiger partial charge in [0.25, 0.3) is 0 Å². The Kier molecular flexibility index (Phi) is 10.3. The van der Waals surface area contributed by atoms with Gasteiger partial charge < -0.3 is 25.2 Å². The maximum atomic E-state index is 11.5. The second-order valence-corrected chi connectivity index (χ2v) is 13.0. The van der Waals surface area contributed by atoms with E-state index in [0.29, 0.717) is 47.7 Å². The molecule has 0 radical (unpaired) electrons. The number of aliphatic hydroxyl groups excluding tert-OH is 1. The van der Waals surface area contributed by atoms with Crippen molar-refractivity contribution in [3.05, 3.63) is 87.4 Å². The van der Waals surface area contributed by atoms with Crippen molar-refractivity contribution in [2.24, 2.45) is 0 Å². The lowest BCUT2D eigenvalue weighted by molar-refractivity contribution is -0.119. The van der Waals surface area contributed by atoms with E-state index in [9.17, 15) is 9.90 Å². The summed E-state index contributed by atoms with van der Waals surface area (Å²) in [4.78, 5) is 18.6. The van der Waals surface area contributed by atoms with Gasteiger partial charge in [0.1, 0.15) is 5.75 Å². The van der Waals surface area contributed by atoms with Gasteiger partial charge in [-0.25, -0.2) is 4.98 Å². The third-order valence-corrected chi connectivity index (χ3v) is 9.74. The second kappa shape index (κ2) is 14.6. The molecule has 1 saturated heterocycles. The van der Waals surface area contributed by atoms with Gasteiger partial charge in [0.05, 0.1) is 36.1 Å². The summed E-state index contributed by atoms with van der Waals surface area (Å²) in [5.41, 5.74) is 8.26. The summed E-state index contributed by atoms with van der Waals surface area (Å²) in [5, 5.41) is 17.4. The number of nitrogens with zero attached hydrogens (tertiary/aromatic N) is 2. The van der Waals surface area contributed by atoms with Crippen LogP contribution in [-0.4, -0.2) is 66.9 Å². The van der Waals surface area contributed by atoms with E-state index < -0.39 is 0 Å². The van der Waals surface area contributed by atoms with Gasteiger partial charge in [0.2, 0.25) is 11.8 Å². The summed E-state index contributed by atoms with van der Waals surface area (Å²) in [6.45, 7) is 5.30. The molecule has 246 valence electrons. The van der Waals surface area contributed by atoms with Gasteiger partial charge in [-0.15, -0.1) is 0 Å². The number of β-amino-alcohol motifs (C(OH)–C–C–N with tert-alkyl or cyclic N) is 1. The first kappa shape index (κ1) is 33.2. The number of hydrogen-bond donors (Lipinski definition) is 3. The lowest BCUT2D eigenvalue weighted by Gasteiger charge is -2.31. The predicted molar refractivity (Wildman–Crippen MR) is 187 cm³/mol. The van der Waals surface area contributed by atoms with E-state index in [1.807, 2.05) is 61.5 Å². The fraction of sp³-hybridized carbons (Fsp3) is 0.351. The molecule has 2 aliphatic rings. The minimum absolute atomic E-state index is 0.105. The number of ether oxygens (including phenoxy) is 2. The lowest BCUT2D eigenvalue weighted by atomic mass is 9.91. The molecule has 4 aromatic rings. The van der Waals surface area contributed by atoms with E-state index in [2.05, 4.69) is 21.6 Å². The fourth-order valence-corrected chi connectivity index (χ4v) is 7.26. The van der Waals surface area contributed by atoms with Crippen molar-refractivity contribution in [2.75, 3.05) is 33.9 Å². The van der Waals surface area contributed by atoms with Crippen LogP contribution in [0, 0.1) is 0 Å². The fourth-order valence-electron chi connectivity index (χ4n) is 6.60. The highest BCUT2D eigenvalue weighted by Crippen LogP contribution is 2.44. The topological polar surface area (TPSA) is 96.0 Å². The van der Waals surface area contributed by atoms with Crippen LogP contribution in [0.3, 0.4) is 0 Å². The molecule has 47 heavy (non-hydrogen) atoms. The van der Waals surface area contributed by atoms with Crippen LogP contribution < -0.4 is 20.1 Å². The quantitative estimate of drug-likeness (QED) is 0.167. The van der Waals surface area contributed by atoms with Gasteiger partial charge >= 0.3 is 0 Å². The van der Waals surface area contributed by atoms with Gasteiger partial charge in [-0.1, -0.05) is 71.7 Å². The van der Waals surface area contributed by atoms with E-state index in [-0.39, 0.29) is 18.1 Å². The number of aromatic nitrogens is 1. The van der Waals surface area contributed by atoms with E-state index in [4.69, 9.17) is 37.7 Å². The number of pyridine rings is 1. The van der Waals surface area contributed by atoms with Crippen LogP contribution in [0.5, 0.6) is 11.6 Å². The molecule has 3 aromatic carbocycles. The largest absolute Gasteiger partial charge is 0.496 e. The second-order valence-electron chi connectivity index (χ2n) is 12.3. The van der Waals surface area contributed by atoms with E-state index >= 15 is 0 Å². The molecule has 2 aliphatic heterocycles. The summed E-state index contributed by atoms with van der Waals surface area (Å²) in [6.07, 6.45) is 1.90. The Balaban J connectivity index is 1.27. The van der Waals surface area contributed by atoms with Crippen molar-refractivity contribution in [2.45, 2.75) is 51.4 Å². The molecule has 6 rings (SSSR count). The molecule has 0 unspecified atom stereocenters. The number of benzene rings is 3. The third-order valence-electron chi connectivity index (χ3n) is 8.92. The Hall–Kier alpha value is -3.66. The SMILES string of the molecule is COc1cc(-c2cccc(-c3cccc(-c4ccc(CNC[C@H]5CCC(=O)N5)c(OC)n4)c3Cl)c2Cl)cc2c1CN(C[C@@H](C)O)CC2. The average Bonchev–Trinajstić information content (AvgIpc) is 3.49. The smallest absolute Gasteiger partial charge is 0.220 e. The van der Waals surface area contributed by atoms with Crippen LogP contribution in [-0.2, 0) is 24.3 Å². The van der Waals surface area contributed by atoms with Crippen LogP contribution >= 0.6 is 23.2 Å². The van der Waals surface area contributed by atoms with Gasteiger partial charge in [-0.05, 0) is 43.0 Å². The van der Waals surface area contributed by atoms with Crippen LogP contribution in [0.1, 0.15) is 36.5 Å². The maximum Gasteiger partial charge on any atom is 0.220 e. The zero-order chi connectivity index (χ0) is 33.1. The molecule has 0 aliphatic carbocycles. The number of methoxy groups -OCH3 is 2. The number of aliphatic hydroxyl groups is 1. The summed E-state index contributed by atoms with van der Waals surface area (Å²) < 4.78 is 11.5. The number of fused-ring (bicyclic) bond motifs is 1. The number of carbonyl (C=O) groups is 1. The van der Waals surface area contributed by atoms with Crippen molar-refractivity contribution in [3.63, 3.8) is 0 Å². The number of nitrogens with one attached hydrogen (secondary N) is 2. The molecule has 1 amide bonds. The number of amides is 1. The molecule has 3 N–H and O–H groups in total. The van der Waals surface area contributed by atoms with Crippen molar-refractivity contribution in [1.82, 2.24) is 20.5 Å².